The standard InChI is InChI=1S/C20H16Cl2N4O2/c1-10-19(22)11(2)26(25-10)14-6-4-5-13(7-14)20(27)24-16-9-18-17(8-15(16)21)23-12(3)28-18/h4-9H,1-3H3,(H,24,27). The molecule has 0 aliphatic carbocycles. The number of hydrogen-bond acceptors (Lipinski definition) is 4. The van der Waals surface area contributed by atoms with Crippen LogP contribution in [0.1, 0.15) is 27.6 Å². The summed E-state index contributed by atoms with van der Waals surface area (Å²) >= 11 is 12.5. The van der Waals surface area contributed by atoms with Crippen molar-refractivity contribution in [2.45, 2.75) is 20.8 Å². The maximum absolute atomic E-state index is 12.8. The molecule has 28 heavy (non-hydrogen) atoms. The van der Waals surface area contributed by atoms with Crippen molar-refractivity contribution in [2.24, 2.45) is 0 Å². The van der Waals surface area contributed by atoms with E-state index in [1.165, 1.54) is 0 Å². The first-order valence-corrected chi connectivity index (χ1v) is 9.29. The van der Waals surface area contributed by atoms with Gasteiger partial charge in [0, 0.05) is 18.6 Å². The van der Waals surface area contributed by atoms with Gasteiger partial charge in [0.15, 0.2) is 11.5 Å². The molecule has 0 aliphatic heterocycles. The normalized spacial score (nSPS) is 11.2. The SMILES string of the molecule is Cc1nc2cc(Cl)c(NC(=O)c3cccc(-n4nc(C)c(Cl)c4C)c3)cc2o1. The lowest BCUT2D eigenvalue weighted by atomic mass is 10.1. The first-order valence-electron chi connectivity index (χ1n) is 8.53. The van der Waals surface area contributed by atoms with Gasteiger partial charge in [0.25, 0.3) is 5.91 Å². The summed E-state index contributed by atoms with van der Waals surface area (Å²) in [5.41, 5.74) is 4.41. The van der Waals surface area contributed by atoms with Crippen LogP contribution >= 0.6 is 23.2 Å². The average Bonchev–Trinajstić information content (AvgIpc) is 3.15. The fourth-order valence-corrected chi connectivity index (χ4v) is 3.33. The van der Waals surface area contributed by atoms with E-state index in [0.717, 1.165) is 17.1 Å². The average molecular weight is 415 g/mol. The highest BCUT2D eigenvalue weighted by atomic mass is 35.5. The number of aromatic nitrogens is 3. The Labute approximate surface area is 171 Å². The Morgan fingerprint density at radius 2 is 1.93 bits per heavy atom. The van der Waals surface area contributed by atoms with Crippen LogP contribution < -0.4 is 5.32 Å². The quantitative estimate of drug-likeness (QED) is 0.480. The summed E-state index contributed by atoms with van der Waals surface area (Å²) in [6.45, 7) is 5.47. The van der Waals surface area contributed by atoms with Gasteiger partial charge in [-0.05, 0) is 38.1 Å². The first-order chi connectivity index (χ1) is 13.3. The molecule has 6 nitrogen and oxygen atoms in total. The lowest BCUT2D eigenvalue weighted by Gasteiger charge is -2.09. The topological polar surface area (TPSA) is 73.0 Å². The maximum Gasteiger partial charge on any atom is 0.255 e. The number of hydrogen-bond donors (Lipinski definition) is 1. The fraction of sp³-hybridized carbons (Fsp3) is 0.150. The maximum atomic E-state index is 12.8. The molecule has 0 atom stereocenters. The minimum atomic E-state index is -0.299. The molecule has 2 heterocycles. The zero-order valence-corrected chi connectivity index (χ0v) is 16.9. The van der Waals surface area contributed by atoms with E-state index in [9.17, 15) is 4.79 Å². The van der Waals surface area contributed by atoms with Gasteiger partial charge in [-0.3, -0.25) is 4.79 Å². The Kier molecular flexibility index (Phi) is 4.61. The molecule has 8 heteroatoms. The van der Waals surface area contributed by atoms with E-state index in [1.54, 1.807) is 41.9 Å². The second-order valence-electron chi connectivity index (χ2n) is 6.43. The molecule has 1 amide bonds. The van der Waals surface area contributed by atoms with Gasteiger partial charge in [-0.15, -0.1) is 0 Å². The molecule has 0 spiro atoms. The molecule has 2 aromatic carbocycles. The third-order valence-corrected chi connectivity index (χ3v) is 5.25. The van der Waals surface area contributed by atoms with Gasteiger partial charge >= 0.3 is 0 Å². The van der Waals surface area contributed by atoms with Crippen LogP contribution in [-0.2, 0) is 0 Å². The molecule has 0 unspecified atom stereocenters. The number of nitrogens with zero attached hydrogens (tertiary/aromatic N) is 3. The van der Waals surface area contributed by atoms with Crippen molar-refractivity contribution in [3.05, 3.63) is 69.3 Å². The predicted octanol–water partition coefficient (Wildman–Crippen LogP) is 5.50. The highest BCUT2D eigenvalue weighted by Crippen LogP contribution is 2.29. The van der Waals surface area contributed by atoms with Crippen LogP contribution in [0.15, 0.2) is 40.8 Å². The number of fused-ring (bicyclic) bond motifs is 1. The monoisotopic (exact) mass is 414 g/mol. The molecule has 0 saturated carbocycles. The molecule has 0 aliphatic rings. The number of benzene rings is 2. The lowest BCUT2D eigenvalue weighted by molar-refractivity contribution is 0.102. The fourth-order valence-electron chi connectivity index (χ4n) is 3.01. The molecule has 4 aromatic rings. The molecular weight excluding hydrogens is 399 g/mol. The van der Waals surface area contributed by atoms with Gasteiger partial charge in [-0.2, -0.15) is 5.10 Å². The number of oxazole rings is 1. The Balaban J connectivity index is 1.65. The van der Waals surface area contributed by atoms with Crippen LogP contribution in [0, 0.1) is 20.8 Å². The van der Waals surface area contributed by atoms with E-state index >= 15 is 0 Å². The van der Waals surface area contributed by atoms with Crippen molar-refractivity contribution >= 4 is 45.9 Å². The van der Waals surface area contributed by atoms with Crippen LogP contribution in [0.2, 0.25) is 10.0 Å². The summed E-state index contributed by atoms with van der Waals surface area (Å²) in [6, 6.07) is 10.5. The largest absolute Gasteiger partial charge is 0.441 e. The van der Waals surface area contributed by atoms with E-state index < -0.39 is 0 Å². The number of amides is 1. The Bertz CT molecular complexity index is 1230. The zero-order valence-electron chi connectivity index (χ0n) is 15.4. The minimum absolute atomic E-state index is 0.299. The number of halogens is 2. The van der Waals surface area contributed by atoms with Gasteiger partial charge in [-0.25, -0.2) is 9.67 Å². The second-order valence-corrected chi connectivity index (χ2v) is 7.22. The summed E-state index contributed by atoms with van der Waals surface area (Å²) < 4.78 is 7.22. The van der Waals surface area contributed by atoms with E-state index in [4.69, 9.17) is 27.6 Å². The van der Waals surface area contributed by atoms with Crippen LogP contribution in [0.25, 0.3) is 16.8 Å². The van der Waals surface area contributed by atoms with E-state index in [-0.39, 0.29) is 5.91 Å². The summed E-state index contributed by atoms with van der Waals surface area (Å²) in [5, 5.41) is 8.24. The number of aryl methyl sites for hydroxylation is 2. The first kappa shape index (κ1) is 18.5. The highest BCUT2D eigenvalue weighted by Gasteiger charge is 2.15. The molecule has 0 saturated heterocycles. The van der Waals surface area contributed by atoms with Gasteiger partial charge in [0.1, 0.15) is 5.52 Å². The van der Waals surface area contributed by atoms with Gasteiger partial charge in [0.2, 0.25) is 0 Å². The molecular formula is C20H16Cl2N4O2. The third-order valence-electron chi connectivity index (χ3n) is 4.39. The Morgan fingerprint density at radius 1 is 1.14 bits per heavy atom. The van der Waals surface area contributed by atoms with Crippen LogP contribution in [0.5, 0.6) is 0 Å². The van der Waals surface area contributed by atoms with Crippen molar-refractivity contribution in [1.82, 2.24) is 14.8 Å². The van der Waals surface area contributed by atoms with E-state index in [1.807, 2.05) is 19.9 Å². The smallest absolute Gasteiger partial charge is 0.255 e. The third kappa shape index (κ3) is 3.25. The number of carbonyl (C=O) groups is 1. The molecule has 0 radical (unpaired) electrons. The summed E-state index contributed by atoms with van der Waals surface area (Å²) in [5.74, 6) is 0.234. The summed E-state index contributed by atoms with van der Waals surface area (Å²) in [7, 11) is 0. The number of rotatable bonds is 3. The van der Waals surface area contributed by atoms with Gasteiger partial charge in [-0.1, -0.05) is 29.3 Å². The van der Waals surface area contributed by atoms with Gasteiger partial charge in [0.05, 0.1) is 32.8 Å². The molecule has 142 valence electrons. The zero-order chi connectivity index (χ0) is 20.0. The molecule has 2 aromatic heterocycles. The van der Waals surface area contributed by atoms with Crippen molar-refractivity contribution in [3.8, 4) is 5.69 Å². The lowest BCUT2D eigenvalue weighted by Crippen LogP contribution is -2.13. The van der Waals surface area contributed by atoms with Crippen molar-refractivity contribution in [1.29, 1.82) is 0 Å². The summed E-state index contributed by atoms with van der Waals surface area (Å²) in [4.78, 5) is 17.0. The van der Waals surface area contributed by atoms with Crippen LogP contribution in [0.4, 0.5) is 5.69 Å². The highest BCUT2D eigenvalue weighted by molar-refractivity contribution is 6.34. The second kappa shape index (κ2) is 6.96. The molecule has 0 fully saturated rings. The van der Waals surface area contributed by atoms with Crippen molar-refractivity contribution in [3.63, 3.8) is 0 Å². The summed E-state index contributed by atoms with van der Waals surface area (Å²) in [6.07, 6.45) is 0. The number of carbonyl (C=O) groups excluding carboxylic acids is 1. The number of anilines is 1. The molecule has 0 bridgehead atoms. The Hall–Kier alpha value is -2.83. The van der Waals surface area contributed by atoms with E-state index in [2.05, 4.69) is 15.4 Å². The Morgan fingerprint density at radius 3 is 2.64 bits per heavy atom. The minimum Gasteiger partial charge on any atom is -0.441 e. The van der Waals surface area contributed by atoms with Crippen LogP contribution in [0.3, 0.4) is 0 Å². The predicted molar refractivity (Wildman–Crippen MR) is 110 cm³/mol. The van der Waals surface area contributed by atoms with Crippen molar-refractivity contribution < 1.29 is 9.21 Å². The van der Waals surface area contributed by atoms with Crippen molar-refractivity contribution in [2.75, 3.05) is 5.32 Å². The molecule has 1 N–H and O–H groups in total. The molecule has 4 rings (SSSR count). The van der Waals surface area contributed by atoms with Gasteiger partial charge < -0.3 is 9.73 Å². The number of nitrogens with one attached hydrogen (secondary N) is 1. The van der Waals surface area contributed by atoms with Crippen LogP contribution in [-0.4, -0.2) is 20.7 Å². The van der Waals surface area contributed by atoms with E-state index in [0.29, 0.717) is 38.3 Å².